The molecule has 1 aromatic rings. The molecule has 0 spiro atoms. The van der Waals surface area contributed by atoms with E-state index >= 15 is 0 Å². The van der Waals surface area contributed by atoms with E-state index in [1.807, 2.05) is 32.0 Å². The number of carbonyl (C=O) groups excluding carboxylic acids is 1. The van der Waals surface area contributed by atoms with Gasteiger partial charge in [0.25, 0.3) is 5.91 Å². The molecule has 1 aromatic carbocycles. The van der Waals surface area contributed by atoms with E-state index in [9.17, 15) is 9.90 Å². The topological polar surface area (TPSA) is 49.3 Å². The van der Waals surface area contributed by atoms with E-state index in [1.165, 1.54) is 0 Å². The van der Waals surface area contributed by atoms with Crippen molar-refractivity contribution in [3.8, 4) is 0 Å². The highest BCUT2D eigenvalue weighted by Crippen LogP contribution is 2.31. The van der Waals surface area contributed by atoms with Crippen LogP contribution in [-0.2, 0) is 0 Å². The van der Waals surface area contributed by atoms with Crippen LogP contribution in [0.5, 0.6) is 0 Å². The van der Waals surface area contributed by atoms with Gasteiger partial charge in [-0.1, -0.05) is 24.6 Å². The summed E-state index contributed by atoms with van der Waals surface area (Å²) in [5.41, 5.74) is 2.11. The summed E-state index contributed by atoms with van der Waals surface area (Å²) in [6.45, 7) is 6.53. The first kappa shape index (κ1) is 15.0. The van der Waals surface area contributed by atoms with Crippen LogP contribution in [0.3, 0.4) is 0 Å². The van der Waals surface area contributed by atoms with Crippen LogP contribution < -0.4 is 5.32 Å². The second-order valence-electron chi connectivity index (χ2n) is 6.41. The van der Waals surface area contributed by atoms with Crippen molar-refractivity contribution in [2.75, 3.05) is 6.54 Å². The van der Waals surface area contributed by atoms with Crippen LogP contribution in [0.2, 0.25) is 0 Å². The van der Waals surface area contributed by atoms with Crippen molar-refractivity contribution < 1.29 is 9.90 Å². The van der Waals surface area contributed by atoms with Crippen molar-refractivity contribution in [3.05, 3.63) is 34.9 Å². The Hall–Kier alpha value is -1.35. The van der Waals surface area contributed by atoms with Gasteiger partial charge in [-0.25, -0.2) is 0 Å². The molecule has 0 aromatic heterocycles. The summed E-state index contributed by atoms with van der Waals surface area (Å²) in [6.07, 6.45) is 3.63. The maximum absolute atomic E-state index is 12.2. The van der Waals surface area contributed by atoms with Crippen molar-refractivity contribution in [2.24, 2.45) is 5.92 Å². The Morgan fingerprint density at radius 3 is 2.60 bits per heavy atom. The van der Waals surface area contributed by atoms with Gasteiger partial charge in [-0.2, -0.15) is 0 Å². The molecule has 3 heteroatoms. The molecule has 0 radical (unpaired) electrons. The van der Waals surface area contributed by atoms with Crippen molar-refractivity contribution in [1.29, 1.82) is 0 Å². The van der Waals surface area contributed by atoms with Gasteiger partial charge < -0.3 is 10.4 Å². The highest BCUT2D eigenvalue weighted by Gasteiger charge is 2.32. The SMILES string of the molecule is Cc1ccc(C(=O)NCC2(O)CCC(C)CC2)c(C)c1. The highest BCUT2D eigenvalue weighted by atomic mass is 16.3. The first-order valence-electron chi connectivity index (χ1n) is 7.47. The second kappa shape index (κ2) is 5.96. The van der Waals surface area contributed by atoms with E-state index in [-0.39, 0.29) is 5.91 Å². The molecule has 0 atom stereocenters. The van der Waals surface area contributed by atoms with Crippen molar-refractivity contribution in [2.45, 2.75) is 52.1 Å². The summed E-state index contributed by atoms with van der Waals surface area (Å²) >= 11 is 0. The van der Waals surface area contributed by atoms with Gasteiger partial charge in [-0.15, -0.1) is 0 Å². The number of benzene rings is 1. The minimum atomic E-state index is -0.721. The quantitative estimate of drug-likeness (QED) is 0.891. The normalized spacial score (nSPS) is 26.3. The fraction of sp³-hybridized carbons (Fsp3) is 0.588. The molecule has 1 saturated carbocycles. The molecule has 3 nitrogen and oxygen atoms in total. The molecular weight excluding hydrogens is 250 g/mol. The Labute approximate surface area is 121 Å². The van der Waals surface area contributed by atoms with Crippen molar-refractivity contribution in [3.63, 3.8) is 0 Å². The number of nitrogens with one attached hydrogen (secondary N) is 1. The van der Waals surface area contributed by atoms with E-state index in [4.69, 9.17) is 0 Å². The summed E-state index contributed by atoms with van der Waals surface area (Å²) in [7, 11) is 0. The summed E-state index contributed by atoms with van der Waals surface area (Å²) in [5, 5.41) is 13.4. The number of hydrogen-bond donors (Lipinski definition) is 2. The second-order valence-corrected chi connectivity index (χ2v) is 6.41. The predicted molar refractivity (Wildman–Crippen MR) is 80.8 cm³/mol. The molecule has 0 heterocycles. The Morgan fingerprint density at radius 2 is 2.00 bits per heavy atom. The maximum Gasteiger partial charge on any atom is 0.251 e. The lowest BCUT2D eigenvalue weighted by atomic mass is 9.79. The number of aliphatic hydroxyl groups is 1. The van der Waals surface area contributed by atoms with E-state index in [0.29, 0.717) is 18.0 Å². The molecule has 2 rings (SSSR count). The summed E-state index contributed by atoms with van der Waals surface area (Å²) < 4.78 is 0. The Balaban J connectivity index is 1.95. The smallest absolute Gasteiger partial charge is 0.251 e. The van der Waals surface area contributed by atoms with Crippen LogP contribution >= 0.6 is 0 Å². The molecule has 110 valence electrons. The van der Waals surface area contributed by atoms with Crippen LogP contribution in [0.25, 0.3) is 0 Å². The van der Waals surface area contributed by atoms with Crippen LogP contribution in [0.15, 0.2) is 18.2 Å². The fourth-order valence-corrected chi connectivity index (χ4v) is 2.88. The highest BCUT2D eigenvalue weighted by molar-refractivity contribution is 5.95. The monoisotopic (exact) mass is 275 g/mol. The fourth-order valence-electron chi connectivity index (χ4n) is 2.88. The average molecular weight is 275 g/mol. The molecule has 0 unspecified atom stereocenters. The van der Waals surface area contributed by atoms with E-state index in [1.54, 1.807) is 0 Å². The lowest BCUT2D eigenvalue weighted by Crippen LogP contribution is -2.45. The van der Waals surface area contributed by atoms with E-state index in [2.05, 4.69) is 12.2 Å². The van der Waals surface area contributed by atoms with Crippen LogP contribution in [0.1, 0.15) is 54.1 Å². The molecule has 0 bridgehead atoms. The van der Waals surface area contributed by atoms with Gasteiger partial charge in [0, 0.05) is 12.1 Å². The summed E-state index contributed by atoms with van der Waals surface area (Å²) in [6, 6.07) is 5.80. The van der Waals surface area contributed by atoms with Gasteiger partial charge in [0.2, 0.25) is 0 Å². The largest absolute Gasteiger partial charge is 0.388 e. The van der Waals surface area contributed by atoms with Gasteiger partial charge in [0.05, 0.1) is 5.60 Å². The molecule has 1 aliphatic carbocycles. The first-order chi connectivity index (χ1) is 9.39. The molecule has 2 N–H and O–H groups in total. The molecule has 0 aliphatic heterocycles. The number of hydrogen-bond acceptors (Lipinski definition) is 2. The molecular formula is C17H25NO2. The number of aryl methyl sites for hydroxylation is 2. The van der Waals surface area contributed by atoms with Gasteiger partial charge in [-0.3, -0.25) is 4.79 Å². The summed E-state index contributed by atoms with van der Waals surface area (Å²) in [5.74, 6) is 0.597. The average Bonchev–Trinajstić information content (AvgIpc) is 2.40. The van der Waals surface area contributed by atoms with Crippen LogP contribution in [0, 0.1) is 19.8 Å². The zero-order valence-electron chi connectivity index (χ0n) is 12.7. The Bertz CT molecular complexity index is 488. The van der Waals surface area contributed by atoms with Crippen molar-refractivity contribution in [1.82, 2.24) is 5.32 Å². The zero-order chi connectivity index (χ0) is 14.8. The maximum atomic E-state index is 12.2. The summed E-state index contributed by atoms with van der Waals surface area (Å²) in [4.78, 5) is 12.2. The lowest BCUT2D eigenvalue weighted by Gasteiger charge is -2.35. The van der Waals surface area contributed by atoms with E-state index in [0.717, 1.165) is 36.8 Å². The third-order valence-corrected chi connectivity index (χ3v) is 4.41. The molecule has 1 aliphatic rings. The Kier molecular flexibility index (Phi) is 4.48. The van der Waals surface area contributed by atoms with Gasteiger partial charge in [0.15, 0.2) is 0 Å². The minimum Gasteiger partial charge on any atom is -0.388 e. The third-order valence-electron chi connectivity index (χ3n) is 4.41. The van der Waals surface area contributed by atoms with Crippen molar-refractivity contribution >= 4 is 5.91 Å². The van der Waals surface area contributed by atoms with Gasteiger partial charge >= 0.3 is 0 Å². The predicted octanol–water partition coefficient (Wildman–Crippen LogP) is 2.97. The molecule has 1 amide bonds. The number of carbonyl (C=O) groups is 1. The van der Waals surface area contributed by atoms with Crippen LogP contribution in [-0.4, -0.2) is 23.2 Å². The number of amides is 1. The molecule has 20 heavy (non-hydrogen) atoms. The minimum absolute atomic E-state index is 0.0884. The lowest BCUT2D eigenvalue weighted by molar-refractivity contribution is -0.00540. The Morgan fingerprint density at radius 1 is 1.35 bits per heavy atom. The third kappa shape index (κ3) is 3.60. The molecule has 0 saturated heterocycles. The zero-order valence-corrected chi connectivity index (χ0v) is 12.7. The standard InChI is InChI=1S/C17H25NO2/c1-12-6-8-17(20,9-7-12)11-18-16(19)15-5-4-13(2)10-14(15)3/h4-5,10,12,20H,6-9,11H2,1-3H3,(H,18,19). The number of rotatable bonds is 3. The van der Waals surface area contributed by atoms with Gasteiger partial charge in [0.1, 0.15) is 0 Å². The molecule has 1 fully saturated rings. The first-order valence-corrected chi connectivity index (χ1v) is 7.47. The van der Waals surface area contributed by atoms with E-state index < -0.39 is 5.60 Å². The van der Waals surface area contributed by atoms with Gasteiger partial charge in [-0.05, 0) is 57.1 Å². The van der Waals surface area contributed by atoms with Crippen LogP contribution in [0.4, 0.5) is 0 Å².